The number of carbonyl (C=O) groups is 1. The van der Waals surface area contributed by atoms with Gasteiger partial charge in [0.05, 0.1) is 11.8 Å². The van der Waals surface area contributed by atoms with Gasteiger partial charge in [-0.05, 0) is 50.2 Å². The molecule has 1 fully saturated rings. The minimum Gasteiger partial charge on any atom is -0.382 e. The number of imidazole rings is 1. The summed E-state index contributed by atoms with van der Waals surface area (Å²) in [6.07, 6.45) is 4.71. The van der Waals surface area contributed by atoms with Crippen LogP contribution in [-0.2, 0) is 11.3 Å². The number of nitrogen functional groups attached to an aromatic ring is 1. The van der Waals surface area contributed by atoms with E-state index in [9.17, 15) is 4.79 Å². The third kappa shape index (κ3) is 3.59. The summed E-state index contributed by atoms with van der Waals surface area (Å²) in [5.74, 6) is 1.21. The van der Waals surface area contributed by atoms with E-state index in [0.717, 1.165) is 48.1 Å². The number of nitrogens with one attached hydrogen (secondary N) is 1. The van der Waals surface area contributed by atoms with Crippen molar-refractivity contribution in [3.8, 4) is 0 Å². The van der Waals surface area contributed by atoms with Crippen LogP contribution in [0.15, 0.2) is 36.7 Å². The molecule has 1 saturated carbocycles. The molecule has 1 amide bonds. The second-order valence-corrected chi connectivity index (χ2v) is 7.70. The Hall–Kier alpha value is -2.89. The van der Waals surface area contributed by atoms with Crippen LogP contribution in [0, 0.1) is 19.8 Å². The number of fused-ring (bicyclic) bond motifs is 1. The number of hydrogen-bond donors (Lipinski definition) is 2. The van der Waals surface area contributed by atoms with Crippen LogP contribution >= 0.6 is 0 Å². The molecule has 2 heterocycles. The number of amides is 1. The van der Waals surface area contributed by atoms with Crippen molar-refractivity contribution in [3.63, 3.8) is 0 Å². The van der Waals surface area contributed by atoms with Gasteiger partial charge in [0, 0.05) is 24.7 Å². The van der Waals surface area contributed by atoms with Crippen LogP contribution in [0.1, 0.15) is 42.0 Å². The summed E-state index contributed by atoms with van der Waals surface area (Å²) in [4.78, 5) is 21.1. The number of pyridine rings is 1. The standard InChI is InChI=1S/C22H27N5O/c1-14-15(2)26-21(23)19-20(14)27(13-25-19)11-7-6-10-24-22(28)18-12-17(18)16-8-4-3-5-9-16/h3-5,8-9,13,17-18H,6-7,10-12H2,1-2H3,(H2,23,26)(H,24,28). The summed E-state index contributed by atoms with van der Waals surface area (Å²) in [6, 6.07) is 10.3. The van der Waals surface area contributed by atoms with Gasteiger partial charge < -0.3 is 15.6 Å². The molecule has 1 aromatic carbocycles. The fraction of sp³-hybridized carbons (Fsp3) is 0.409. The summed E-state index contributed by atoms with van der Waals surface area (Å²) in [5.41, 5.74) is 11.2. The van der Waals surface area contributed by atoms with E-state index in [2.05, 4.69) is 38.9 Å². The van der Waals surface area contributed by atoms with E-state index < -0.39 is 0 Å². The molecule has 0 radical (unpaired) electrons. The normalized spacial score (nSPS) is 18.4. The predicted molar refractivity (Wildman–Crippen MR) is 111 cm³/mol. The van der Waals surface area contributed by atoms with Crippen molar-refractivity contribution in [1.82, 2.24) is 19.9 Å². The number of nitrogens with zero attached hydrogens (tertiary/aromatic N) is 3. The van der Waals surface area contributed by atoms with Crippen molar-refractivity contribution in [2.75, 3.05) is 12.3 Å². The van der Waals surface area contributed by atoms with Gasteiger partial charge in [0.2, 0.25) is 5.91 Å². The molecule has 2 aromatic heterocycles. The van der Waals surface area contributed by atoms with E-state index >= 15 is 0 Å². The van der Waals surface area contributed by atoms with Crippen LogP contribution < -0.4 is 11.1 Å². The minimum absolute atomic E-state index is 0.140. The number of unbranched alkanes of at least 4 members (excludes halogenated alkanes) is 1. The zero-order valence-electron chi connectivity index (χ0n) is 16.5. The molecule has 3 N–H and O–H groups in total. The van der Waals surface area contributed by atoms with Gasteiger partial charge in [-0.2, -0.15) is 0 Å². The van der Waals surface area contributed by atoms with Crippen molar-refractivity contribution in [1.29, 1.82) is 0 Å². The smallest absolute Gasteiger partial charge is 0.223 e. The van der Waals surface area contributed by atoms with Crippen LogP contribution in [0.4, 0.5) is 5.82 Å². The second-order valence-electron chi connectivity index (χ2n) is 7.70. The fourth-order valence-electron chi connectivity index (χ4n) is 3.92. The average molecular weight is 377 g/mol. The summed E-state index contributed by atoms with van der Waals surface area (Å²) >= 11 is 0. The molecule has 2 atom stereocenters. The summed E-state index contributed by atoms with van der Waals surface area (Å²) in [7, 11) is 0. The molecule has 146 valence electrons. The molecule has 4 rings (SSSR count). The quantitative estimate of drug-likeness (QED) is 0.619. The van der Waals surface area contributed by atoms with Crippen LogP contribution in [0.25, 0.3) is 11.0 Å². The summed E-state index contributed by atoms with van der Waals surface area (Å²) in [5, 5.41) is 3.10. The number of anilines is 1. The molecule has 6 nitrogen and oxygen atoms in total. The van der Waals surface area contributed by atoms with Crippen molar-refractivity contribution in [2.24, 2.45) is 5.92 Å². The highest BCUT2D eigenvalue weighted by molar-refractivity contribution is 5.88. The maximum Gasteiger partial charge on any atom is 0.223 e. The zero-order valence-corrected chi connectivity index (χ0v) is 16.5. The van der Waals surface area contributed by atoms with E-state index in [0.29, 0.717) is 18.3 Å². The Morgan fingerprint density at radius 2 is 2.04 bits per heavy atom. The van der Waals surface area contributed by atoms with Gasteiger partial charge in [-0.3, -0.25) is 4.79 Å². The highest BCUT2D eigenvalue weighted by atomic mass is 16.2. The first kappa shape index (κ1) is 18.5. The molecule has 0 aliphatic heterocycles. The number of aryl methyl sites for hydroxylation is 3. The van der Waals surface area contributed by atoms with Gasteiger partial charge in [-0.25, -0.2) is 9.97 Å². The molecule has 0 saturated heterocycles. The highest BCUT2D eigenvalue weighted by Gasteiger charge is 2.43. The van der Waals surface area contributed by atoms with Gasteiger partial charge in [0.15, 0.2) is 5.82 Å². The van der Waals surface area contributed by atoms with E-state index in [4.69, 9.17) is 5.73 Å². The molecule has 0 spiro atoms. The minimum atomic E-state index is 0.140. The Morgan fingerprint density at radius 3 is 2.82 bits per heavy atom. The summed E-state index contributed by atoms with van der Waals surface area (Å²) in [6.45, 7) is 5.59. The first-order valence-corrected chi connectivity index (χ1v) is 9.96. The van der Waals surface area contributed by atoms with Gasteiger partial charge in [0.1, 0.15) is 5.52 Å². The number of benzene rings is 1. The maximum atomic E-state index is 12.3. The lowest BCUT2D eigenvalue weighted by molar-refractivity contribution is -0.122. The third-order valence-corrected chi connectivity index (χ3v) is 5.75. The van der Waals surface area contributed by atoms with E-state index in [1.807, 2.05) is 31.5 Å². The van der Waals surface area contributed by atoms with E-state index in [-0.39, 0.29) is 11.8 Å². The van der Waals surface area contributed by atoms with Gasteiger partial charge in [-0.15, -0.1) is 0 Å². The average Bonchev–Trinajstić information content (AvgIpc) is 3.39. The lowest BCUT2D eigenvalue weighted by Crippen LogP contribution is -2.26. The third-order valence-electron chi connectivity index (χ3n) is 5.75. The molecular formula is C22H27N5O. The Morgan fingerprint density at radius 1 is 1.25 bits per heavy atom. The van der Waals surface area contributed by atoms with Crippen LogP contribution in [0.2, 0.25) is 0 Å². The molecule has 1 aliphatic carbocycles. The Kier molecular flexibility index (Phi) is 5.03. The maximum absolute atomic E-state index is 12.3. The van der Waals surface area contributed by atoms with Gasteiger partial charge in [-0.1, -0.05) is 30.3 Å². The van der Waals surface area contributed by atoms with Crippen LogP contribution in [0.5, 0.6) is 0 Å². The lowest BCUT2D eigenvalue weighted by atomic mass is 10.1. The molecule has 1 aliphatic rings. The monoisotopic (exact) mass is 377 g/mol. The number of nitrogens with two attached hydrogens (primary N) is 1. The number of rotatable bonds is 7. The predicted octanol–water partition coefficient (Wildman–Crippen LogP) is 3.33. The molecule has 2 unspecified atom stereocenters. The Balaban J connectivity index is 1.25. The van der Waals surface area contributed by atoms with Gasteiger partial charge in [0.25, 0.3) is 0 Å². The molecular weight excluding hydrogens is 350 g/mol. The highest BCUT2D eigenvalue weighted by Crippen LogP contribution is 2.47. The van der Waals surface area contributed by atoms with Crippen LogP contribution in [-0.4, -0.2) is 27.0 Å². The first-order valence-electron chi connectivity index (χ1n) is 9.96. The van der Waals surface area contributed by atoms with Crippen molar-refractivity contribution >= 4 is 22.8 Å². The number of aromatic nitrogens is 3. The van der Waals surface area contributed by atoms with Crippen LogP contribution in [0.3, 0.4) is 0 Å². The van der Waals surface area contributed by atoms with Crippen molar-refractivity contribution in [2.45, 2.75) is 45.6 Å². The number of hydrogen-bond acceptors (Lipinski definition) is 4. The molecule has 28 heavy (non-hydrogen) atoms. The van der Waals surface area contributed by atoms with Gasteiger partial charge >= 0.3 is 0 Å². The second kappa shape index (κ2) is 7.62. The van der Waals surface area contributed by atoms with E-state index in [1.54, 1.807) is 0 Å². The topological polar surface area (TPSA) is 85.8 Å². The van der Waals surface area contributed by atoms with E-state index in [1.165, 1.54) is 5.56 Å². The first-order chi connectivity index (χ1) is 13.6. The zero-order chi connectivity index (χ0) is 19.7. The molecule has 6 heteroatoms. The molecule has 0 bridgehead atoms. The largest absolute Gasteiger partial charge is 0.382 e. The molecule has 3 aromatic rings. The Labute approximate surface area is 165 Å². The number of carbonyl (C=O) groups excluding carboxylic acids is 1. The van der Waals surface area contributed by atoms with Crippen molar-refractivity contribution < 1.29 is 4.79 Å². The fourth-order valence-corrected chi connectivity index (χ4v) is 3.92. The van der Waals surface area contributed by atoms with Crippen molar-refractivity contribution in [3.05, 3.63) is 53.5 Å². The summed E-state index contributed by atoms with van der Waals surface area (Å²) < 4.78 is 2.14. The Bertz CT molecular complexity index is 995. The SMILES string of the molecule is Cc1nc(N)c2ncn(CCCCNC(=O)C3CC3c3ccccc3)c2c1C. The lowest BCUT2D eigenvalue weighted by Gasteiger charge is -2.09.